The Kier molecular flexibility index (Phi) is 5.35. The molecule has 2 aromatic carbocycles. The number of fused-ring (bicyclic) bond motifs is 1. The molecule has 9 heteroatoms. The maximum Gasteiger partial charge on any atom is 0.143 e. The molecule has 3 N–H and O–H groups in total. The van der Waals surface area contributed by atoms with Crippen LogP contribution in [0.25, 0.3) is 22.2 Å². The first kappa shape index (κ1) is 21.2. The minimum absolute atomic E-state index is 0.469. The van der Waals surface area contributed by atoms with Crippen molar-refractivity contribution in [2.75, 3.05) is 18.0 Å². The predicted octanol–water partition coefficient (Wildman–Crippen LogP) is 5.28. The Morgan fingerprint density at radius 3 is 2.53 bits per heavy atom. The molecule has 4 aromatic rings. The van der Waals surface area contributed by atoms with Gasteiger partial charge in [0.15, 0.2) is 0 Å². The zero-order valence-electron chi connectivity index (χ0n) is 17.5. The fourth-order valence-corrected chi connectivity index (χ4v) is 5.19. The molecular weight excluding hydrogens is 450 g/mol. The quantitative estimate of drug-likeness (QED) is 0.423. The molecule has 3 heterocycles. The van der Waals surface area contributed by atoms with E-state index < -0.39 is 11.7 Å². The first-order valence-electron chi connectivity index (χ1n) is 10.5. The van der Waals surface area contributed by atoms with Gasteiger partial charge in [0.2, 0.25) is 0 Å². The number of H-pyrrole nitrogens is 1. The number of alkyl halides is 1. The lowest BCUT2D eigenvalue weighted by molar-refractivity contribution is 0.158. The van der Waals surface area contributed by atoms with Crippen LogP contribution in [-0.4, -0.2) is 38.6 Å². The molecule has 1 saturated heterocycles. The second-order valence-corrected chi connectivity index (χ2v) is 9.08. The molecule has 2 aromatic heterocycles. The van der Waals surface area contributed by atoms with Gasteiger partial charge >= 0.3 is 0 Å². The summed E-state index contributed by atoms with van der Waals surface area (Å²) in [7, 11) is 1.78. The smallest absolute Gasteiger partial charge is 0.143 e. The van der Waals surface area contributed by atoms with Gasteiger partial charge in [0.25, 0.3) is 0 Å². The number of piperidine rings is 1. The van der Waals surface area contributed by atoms with E-state index in [1.807, 2.05) is 30.3 Å². The van der Waals surface area contributed by atoms with Gasteiger partial charge in [-0.25, -0.2) is 4.39 Å². The highest BCUT2D eigenvalue weighted by atomic mass is 35.5. The van der Waals surface area contributed by atoms with Crippen LogP contribution in [-0.2, 0) is 7.05 Å². The number of anilines is 1. The fraction of sp³-hybridized carbons (Fsp3) is 0.304. The molecule has 32 heavy (non-hydrogen) atoms. The minimum Gasteiger partial charge on any atom is -0.371 e. The number of aromatic nitrogens is 4. The van der Waals surface area contributed by atoms with Crippen molar-refractivity contribution >= 4 is 39.8 Å². The third kappa shape index (κ3) is 3.45. The third-order valence-corrected chi connectivity index (χ3v) is 7.17. The van der Waals surface area contributed by atoms with Crippen LogP contribution in [0, 0.1) is 0 Å². The Morgan fingerprint density at radius 2 is 1.88 bits per heavy atom. The average molecular weight is 473 g/mol. The van der Waals surface area contributed by atoms with Crippen molar-refractivity contribution < 1.29 is 4.39 Å². The van der Waals surface area contributed by atoms with Crippen LogP contribution in [0.1, 0.15) is 24.6 Å². The molecule has 5 rings (SSSR count). The number of aromatic amines is 1. The van der Waals surface area contributed by atoms with E-state index >= 15 is 4.39 Å². The molecule has 1 aliphatic heterocycles. The number of hydrogen-bond donors (Lipinski definition) is 2. The van der Waals surface area contributed by atoms with E-state index in [2.05, 4.69) is 20.2 Å². The number of hydrogen-bond acceptors (Lipinski definition) is 4. The molecule has 0 bridgehead atoms. The number of benzene rings is 2. The summed E-state index contributed by atoms with van der Waals surface area (Å²) in [6.45, 7) is 1.17. The molecule has 6 nitrogen and oxygen atoms in total. The van der Waals surface area contributed by atoms with Gasteiger partial charge in [-0.05, 0) is 30.5 Å². The van der Waals surface area contributed by atoms with Crippen LogP contribution < -0.4 is 10.6 Å². The second kappa shape index (κ2) is 8.06. The zero-order chi connectivity index (χ0) is 22.5. The maximum atomic E-state index is 15.4. The molecule has 1 unspecified atom stereocenters. The van der Waals surface area contributed by atoms with Crippen LogP contribution >= 0.6 is 23.2 Å². The highest BCUT2D eigenvalue weighted by Gasteiger charge is 2.40. The van der Waals surface area contributed by atoms with Gasteiger partial charge in [-0.2, -0.15) is 10.2 Å². The Hall–Kier alpha value is -2.61. The lowest BCUT2D eigenvalue weighted by Crippen LogP contribution is -2.53. The largest absolute Gasteiger partial charge is 0.371 e. The maximum absolute atomic E-state index is 15.4. The molecule has 0 spiro atoms. The van der Waals surface area contributed by atoms with Gasteiger partial charge in [-0.3, -0.25) is 9.78 Å². The van der Waals surface area contributed by atoms with Crippen molar-refractivity contribution in [3.05, 3.63) is 64.4 Å². The minimum atomic E-state index is -1.22. The van der Waals surface area contributed by atoms with Gasteiger partial charge in [0.1, 0.15) is 11.3 Å². The van der Waals surface area contributed by atoms with Crippen molar-refractivity contribution in [3.63, 3.8) is 0 Å². The average Bonchev–Trinajstić information content (AvgIpc) is 3.42. The fourth-order valence-electron chi connectivity index (χ4n) is 4.53. The number of aryl methyl sites for hydroxylation is 1. The van der Waals surface area contributed by atoms with E-state index in [9.17, 15) is 0 Å². The Bertz CT molecular complexity index is 1250. The van der Waals surface area contributed by atoms with Gasteiger partial charge < -0.3 is 10.6 Å². The van der Waals surface area contributed by atoms with Crippen molar-refractivity contribution in [1.29, 1.82) is 0 Å². The summed E-state index contributed by atoms with van der Waals surface area (Å²) in [5, 5.41) is 13.4. The molecule has 0 amide bonds. The van der Waals surface area contributed by atoms with Crippen LogP contribution in [0.15, 0.2) is 48.7 Å². The van der Waals surface area contributed by atoms with Crippen molar-refractivity contribution in [2.24, 2.45) is 12.8 Å². The topological polar surface area (TPSA) is 75.8 Å². The Labute approximate surface area is 195 Å². The van der Waals surface area contributed by atoms with Crippen LogP contribution in [0.5, 0.6) is 0 Å². The summed E-state index contributed by atoms with van der Waals surface area (Å²) < 4.78 is 17.0. The zero-order valence-corrected chi connectivity index (χ0v) is 19.0. The van der Waals surface area contributed by atoms with E-state index in [0.717, 1.165) is 11.3 Å². The van der Waals surface area contributed by atoms with Gasteiger partial charge in [-0.1, -0.05) is 53.5 Å². The van der Waals surface area contributed by atoms with E-state index in [4.69, 9.17) is 28.9 Å². The summed E-state index contributed by atoms with van der Waals surface area (Å²) in [5.41, 5.74) is 9.35. The van der Waals surface area contributed by atoms with Crippen LogP contribution in [0.3, 0.4) is 0 Å². The summed E-state index contributed by atoms with van der Waals surface area (Å²) in [5.74, 6) is 0. The monoisotopic (exact) mass is 472 g/mol. The Balaban J connectivity index is 1.51. The molecule has 0 radical (unpaired) electrons. The normalized spacial score (nSPS) is 17.1. The summed E-state index contributed by atoms with van der Waals surface area (Å²) in [4.78, 5) is 2.18. The standard InChI is InChI=1S/C23H23Cl2FN6/c1-31-22(25)19-16(30-31)13-17(18(20(19)24)15-7-10-28-29-15)32-11-8-23(27,9-12-32)21(26)14-5-3-2-4-6-14/h2-7,10,13,21H,8-9,11-12,27H2,1H3,(H,28,29). The number of rotatable bonds is 4. The second-order valence-electron chi connectivity index (χ2n) is 8.35. The summed E-state index contributed by atoms with van der Waals surface area (Å²) >= 11 is 13.3. The predicted molar refractivity (Wildman–Crippen MR) is 127 cm³/mol. The number of nitrogens with two attached hydrogens (primary N) is 1. The highest BCUT2D eigenvalue weighted by Crippen LogP contribution is 2.45. The van der Waals surface area contributed by atoms with Crippen LogP contribution in [0.4, 0.5) is 10.1 Å². The van der Waals surface area contributed by atoms with Gasteiger partial charge in [0, 0.05) is 37.6 Å². The van der Waals surface area contributed by atoms with Gasteiger partial charge in [0.05, 0.1) is 27.2 Å². The number of halogens is 3. The van der Waals surface area contributed by atoms with Gasteiger partial charge in [-0.15, -0.1) is 0 Å². The van der Waals surface area contributed by atoms with Crippen molar-refractivity contribution in [1.82, 2.24) is 20.0 Å². The number of nitrogens with one attached hydrogen (secondary N) is 1. The van der Waals surface area contributed by atoms with E-state index in [-0.39, 0.29) is 0 Å². The first-order valence-corrected chi connectivity index (χ1v) is 11.2. The molecule has 1 aliphatic rings. The summed E-state index contributed by atoms with van der Waals surface area (Å²) in [6, 6.07) is 13.0. The van der Waals surface area contributed by atoms with E-state index in [0.29, 0.717) is 58.3 Å². The van der Waals surface area contributed by atoms with Crippen molar-refractivity contribution in [3.8, 4) is 11.3 Å². The van der Waals surface area contributed by atoms with Crippen molar-refractivity contribution in [2.45, 2.75) is 24.6 Å². The molecule has 1 fully saturated rings. The van der Waals surface area contributed by atoms with E-state index in [1.54, 1.807) is 30.1 Å². The van der Waals surface area contributed by atoms with E-state index in [1.165, 1.54) is 0 Å². The lowest BCUT2D eigenvalue weighted by Gasteiger charge is -2.42. The number of nitrogens with zero attached hydrogens (tertiary/aromatic N) is 4. The highest BCUT2D eigenvalue weighted by molar-refractivity contribution is 6.44. The van der Waals surface area contributed by atoms with Crippen LogP contribution in [0.2, 0.25) is 10.2 Å². The third-order valence-electron chi connectivity index (χ3n) is 6.36. The molecule has 0 aliphatic carbocycles. The SMILES string of the molecule is Cn1nc2cc(N3CCC(N)(C(F)c4ccccc4)CC3)c(-c3cc[nH]n3)c(Cl)c2c1Cl. The summed E-state index contributed by atoms with van der Waals surface area (Å²) in [6.07, 6.45) is 1.53. The molecule has 1 atom stereocenters. The lowest BCUT2D eigenvalue weighted by atomic mass is 9.81. The first-order chi connectivity index (χ1) is 15.4. The molecule has 166 valence electrons. The molecular formula is C23H23Cl2FN6. The Morgan fingerprint density at radius 1 is 1.16 bits per heavy atom. The molecule has 0 saturated carbocycles.